The third kappa shape index (κ3) is 3.85. The van der Waals surface area contributed by atoms with E-state index in [1.807, 2.05) is 11.3 Å². The molecule has 1 fully saturated rings. The summed E-state index contributed by atoms with van der Waals surface area (Å²) >= 11 is 1.89. The van der Waals surface area contributed by atoms with Gasteiger partial charge in [-0.2, -0.15) is 0 Å². The molecule has 0 aromatic carbocycles. The molecule has 0 saturated carbocycles. The Hall–Kier alpha value is -0.820. The molecule has 1 saturated heterocycles. The van der Waals surface area contributed by atoms with Crippen molar-refractivity contribution in [2.75, 3.05) is 19.6 Å². The van der Waals surface area contributed by atoms with Crippen LogP contribution in [0, 0.1) is 19.3 Å². The predicted molar refractivity (Wildman–Crippen MR) is 74.2 cm³/mol. The van der Waals surface area contributed by atoms with E-state index in [0.717, 1.165) is 26.2 Å². The Bertz CT molecular complexity index is 383. The summed E-state index contributed by atoms with van der Waals surface area (Å²) in [5.74, 6) is 2.72. The van der Waals surface area contributed by atoms with Gasteiger partial charge in [-0.1, -0.05) is 5.92 Å². The van der Waals surface area contributed by atoms with Crippen LogP contribution in [0.2, 0.25) is 0 Å². The van der Waals surface area contributed by atoms with E-state index in [0.29, 0.717) is 6.04 Å². The first-order valence-corrected chi connectivity index (χ1v) is 7.04. The van der Waals surface area contributed by atoms with Gasteiger partial charge < -0.3 is 5.32 Å². The summed E-state index contributed by atoms with van der Waals surface area (Å²) in [5.41, 5.74) is 0. The second kappa shape index (κ2) is 6.20. The van der Waals surface area contributed by atoms with Crippen LogP contribution in [-0.4, -0.2) is 30.6 Å². The first-order chi connectivity index (χ1) is 8.28. The van der Waals surface area contributed by atoms with Crippen molar-refractivity contribution < 1.29 is 0 Å². The number of likely N-dealkylation sites (tertiary alicyclic amines) is 1. The number of hydrogen-bond donors (Lipinski definition) is 1. The zero-order chi connectivity index (χ0) is 12.1. The number of hydrogen-bond acceptors (Lipinski definition) is 3. The molecule has 1 aromatic rings. The second-order valence-corrected chi connectivity index (χ2v) is 6.02. The third-order valence-corrected chi connectivity index (χ3v) is 4.26. The van der Waals surface area contributed by atoms with Crippen LogP contribution >= 0.6 is 11.3 Å². The van der Waals surface area contributed by atoms with Crippen molar-refractivity contribution in [2.24, 2.45) is 0 Å². The molecule has 0 unspecified atom stereocenters. The fraction of sp³-hybridized carbons (Fsp3) is 0.571. The lowest BCUT2D eigenvalue weighted by atomic mass is 10.1. The maximum atomic E-state index is 5.33. The molecule has 1 N–H and O–H groups in total. The van der Waals surface area contributed by atoms with Gasteiger partial charge in [0, 0.05) is 35.4 Å². The summed E-state index contributed by atoms with van der Waals surface area (Å²) in [7, 11) is 0. The van der Waals surface area contributed by atoms with Gasteiger partial charge in [-0.3, -0.25) is 4.90 Å². The van der Waals surface area contributed by atoms with E-state index in [-0.39, 0.29) is 0 Å². The highest BCUT2D eigenvalue weighted by Gasteiger charge is 2.17. The van der Waals surface area contributed by atoms with E-state index < -0.39 is 0 Å². The number of nitrogens with one attached hydrogen (secondary N) is 1. The maximum absolute atomic E-state index is 5.33. The number of rotatable bonds is 4. The first kappa shape index (κ1) is 12.6. The minimum absolute atomic E-state index is 0.659. The van der Waals surface area contributed by atoms with Crippen LogP contribution in [0.1, 0.15) is 22.6 Å². The van der Waals surface area contributed by atoms with Crippen LogP contribution in [-0.2, 0) is 6.54 Å². The molecule has 1 aliphatic heterocycles. The van der Waals surface area contributed by atoms with E-state index in [4.69, 9.17) is 6.42 Å². The highest BCUT2D eigenvalue weighted by molar-refractivity contribution is 7.11. The van der Waals surface area contributed by atoms with E-state index in [1.165, 1.54) is 22.6 Å². The van der Waals surface area contributed by atoms with E-state index in [1.54, 1.807) is 0 Å². The SMILES string of the molecule is C#CCN1CCC(NCc2ccc(C)s2)CC1. The summed E-state index contributed by atoms with van der Waals surface area (Å²) < 4.78 is 0. The maximum Gasteiger partial charge on any atom is 0.0598 e. The van der Waals surface area contributed by atoms with Crippen LogP contribution < -0.4 is 5.32 Å². The van der Waals surface area contributed by atoms with Crippen LogP contribution in [0.15, 0.2) is 12.1 Å². The van der Waals surface area contributed by atoms with Gasteiger partial charge in [0.25, 0.3) is 0 Å². The van der Waals surface area contributed by atoms with Gasteiger partial charge in [0.15, 0.2) is 0 Å². The molecule has 17 heavy (non-hydrogen) atoms. The molecule has 2 nitrogen and oxygen atoms in total. The number of terminal acetylenes is 1. The molecular formula is C14H20N2S. The summed E-state index contributed by atoms with van der Waals surface area (Å²) in [6, 6.07) is 5.07. The molecule has 3 heteroatoms. The average molecular weight is 248 g/mol. The van der Waals surface area contributed by atoms with Crippen molar-refractivity contribution in [3.05, 3.63) is 21.9 Å². The Kier molecular flexibility index (Phi) is 4.61. The average Bonchev–Trinajstić information content (AvgIpc) is 2.75. The monoisotopic (exact) mass is 248 g/mol. The predicted octanol–water partition coefficient (Wildman–Crippen LogP) is 2.24. The molecule has 0 radical (unpaired) electrons. The van der Waals surface area contributed by atoms with Crippen molar-refractivity contribution in [1.82, 2.24) is 10.2 Å². The molecule has 2 heterocycles. The lowest BCUT2D eigenvalue weighted by Crippen LogP contribution is -2.42. The molecule has 1 aliphatic rings. The van der Waals surface area contributed by atoms with E-state index >= 15 is 0 Å². The number of aryl methyl sites for hydroxylation is 1. The lowest BCUT2D eigenvalue weighted by molar-refractivity contribution is 0.217. The zero-order valence-corrected chi connectivity index (χ0v) is 11.2. The largest absolute Gasteiger partial charge is 0.309 e. The molecular weight excluding hydrogens is 228 g/mol. The highest BCUT2D eigenvalue weighted by Crippen LogP contribution is 2.16. The summed E-state index contributed by atoms with van der Waals surface area (Å²) in [6.07, 6.45) is 7.75. The Balaban J connectivity index is 1.70. The van der Waals surface area contributed by atoms with Crippen LogP contribution in [0.3, 0.4) is 0 Å². The Labute approximate surface area is 108 Å². The van der Waals surface area contributed by atoms with Crippen molar-refractivity contribution in [2.45, 2.75) is 32.4 Å². The quantitative estimate of drug-likeness (QED) is 0.822. The summed E-state index contributed by atoms with van der Waals surface area (Å²) in [5, 5.41) is 3.65. The first-order valence-electron chi connectivity index (χ1n) is 6.22. The Morgan fingerprint density at radius 2 is 2.24 bits per heavy atom. The molecule has 0 atom stereocenters. The Morgan fingerprint density at radius 3 is 2.82 bits per heavy atom. The van der Waals surface area contributed by atoms with Crippen LogP contribution in [0.5, 0.6) is 0 Å². The van der Waals surface area contributed by atoms with Gasteiger partial charge in [0.1, 0.15) is 0 Å². The van der Waals surface area contributed by atoms with E-state index in [9.17, 15) is 0 Å². The van der Waals surface area contributed by atoms with E-state index in [2.05, 4.69) is 35.2 Å². The number of nitrogens with zero attached hydrogens (tertiary/aromatic N) is 1. The van der Waals surface area contributed by atoms with Crippen LogP contribution in [0.4, 0.5) is 0 Å². The standard InChI is InChI=1S/C14H20N2S/c1-3-8-16-9-6-13(7-10-16)15-11-14-5-4-12(2)17-14/h1,4-5,13,15H,6-11H2,2H3. The Morgan fingerprint density at radius 1 is 1.47 bits per heavy atom. The van der Waals surface area contributed by atoms with Gasteiger partial charge in [0.05, 0.1) is 6.54 Å². The minimum Gasteiger partial charge on any atom is -0.309 e. The molecule has 0 spiro atoms. The van der Waals surface area contributed by atoms with Crippen molar-refractivity contribution in [1.29, 1.82) is 0 Å². The van der Waals surface area contributed by atoms with Gasteiger partial charge >= 0.3 is 0 Å². The fourth-order valence-electron chi connectivity index (χ4n) is 2.25. The van der Waals surface area contributed by atoms with Gasteiger partial charge in [-0.05, 0) is 31.9 Å². The topological polar surface area (TPSA) is 15.3 Å². The molecule has 2 rings (SSSR count). The normalized spacial score (nSPS) is 18.1. The highest BCUT2D eigenvalue weighted by atomic mass is 32.1. The lowest BCUT2D eigenvalue weighted by Gasteiger charge is -2.31. The fourth-order valence-corrected chi connectivity index (χ4v) is 3.09. The molecule has 0 bridgehead atoms. The number of piperidine rings is 1. The van der Waals surface area contributed by atoms with Crippen LogP contribution in [0.25, 0.3) is 0 Å². The third-order valence-electron chi connectivity index (χ3n) is 3.26. The second-order valence-electron chi connectivity index (χ2n) is 4.65. The van der Waals surface area contributed by atoms with Gasteiger partial charge in [-0.15, -0.1) is 17.8 Å². The smallest absolute Gasteiger partial charge is 0.0598 e. The zero-order valence-electron chi connectivity index (χ0n) is 10.4. The van der Waals surface area contributed by atoms with Gasteiger partial charge in [0.2, 0.25) is 0 Å². The number of thiophene rings is 1. The molecule has 1 aromatic heterocycles. The van der Waals surface area contributed by atoms with Crippen molar-refractivity contribution >= 4 is 11.3 Å². The summed E-state index contributed by atoms with van der Waals surface area (Å²) in [4.78, 5) is 5.19. The molecule has 0 amide bonds. The molecule has 0 aliphatic carbocycles. The minimum atomic E-state index is 0.659. The van der Waals surface area contributed by atoms with Gasteiger partial charge in [-0.25, -0.2) is 0 Å². The summed E-state index contributed by atoms with van der Waals surface area (Å²) in [6.45, 7) is 6.23. The van der Waals surface area contributed by atoms with Crippen molar-refractivity contribution in [3.8, 4) is 12.3 Å². The molecule has 92 valence electrons. The van der Waals surface area contributed by atoms with Crippen molar-refractivity contribution in [3.63, 3.8) is 0 Å².